The molecule has 0 aliphatic carbocycles. The van der Waals surface area contributed by atoms with E-state index in [0.717, 1.165) is 17.7 Å². The Bertz CT molecular complexity index is 442. The van der Waals surface area contributed by atoms with Gasteiger partial charge in [0.1, 0.15) is 5.82 Å². The van der Waals surface area contributed by atoms with Crippen LogP contribution in [0.5, 0.6) is 0 Å². The highest BCUT2D eigenvalue weighted by Gasteiger charge is 2.12. The molecule has 1 aromatic carbocycles. The number of aromatic nitrogens is 1. The van der Waals surface area contributed by atoms with Crippen LogP contribution in [0.2, 0.25) is 0 Å². The minimum atomic E-state index is -0.214. The van der Waals surface area contributed by atoms with Crippen LogP contribution in [0.4, 0.5) is 4.39 Å². The van der Waals surface area contributed by atoms with Gasteiger partial charge in [-0.1, -0.05) is 12.1 Å². The van der Waals surface area contributed by atoms with Crippen molar-refractivity contribution in [1.82, 2.24) is 4.98 Å². The van der Waals surface area contributed by atoms with E-state index in [1.807, 2.05) is 11.4 Å². The highest BCUT2D eigenvalue weighted by atomic mass is 32.1. The van der Waals surface area contributed by atoms with Gasteiger partial charge in [0.15, 0.2) is 0 Å². The lowest BCUT2D eigenvalue weighted by molar-refractivity contribution is 0.615. The predicted molar refractivity (Wildman–Crippen MR) is 64.0 cm³/mol. The zero-order valence-electron chi connectivity index (χ0n) is 8.77. The third kappa shape index (κ3) is 2.65. The highest BCUT2D eigenvalue weighted by molar-refractivity contribution is 7.07. The molecule has 0 fully saturated rings. The summed E-state index contributed by atoms with van der Waals surface area (Å²) in [6.07, 6.45) is 0.767. The monoisotopic (exact) mass is 236 g/mol. The summed E-state index contributed by atoms with van der Waals surface area (Å²) >= 11 is 1.56. The van der Waals surface area contributed by atoms with E-state index in [1.54, 1.807) is 29.0 Å². The molecular formula is C12H13FN2S. The van der Waals surface area contributed by atoms with Gasteiger partial charge in [-0.3, -0.25) is 0 Å². The molecule has 0 aliphatic heterocycles. The highest BCUT2D eigenvalue weighted by Crippen LogP contribution is 2.20. The molecule has 0 radical (unpaired) electrons. The van der Waals surface area contributed by atoms with Gasteiger partial charge in [0.05, 0.1) is 11.2 Å². The van der Waals surface area contributed by atoms with E-state index in [-0.39, 0.29) is 11.7 Å². The summed E-state index contributed by atoms with van der Waals surface area (Å²) in [6, 6.07) is 6.62. The Morgan fingerprint density at radius 3 is 2.94 bits per heavy atom. The SMILES string of the molecule is NCC(Cc1cscn1)c1cccc(F)c1. The fourth-order valence-electron chi connectivity index (χ4n) is 1.69. The summed E-state index contributed by atoms with van der Waals surface area (Å²) in [6.45, 7) is 0.501. The van der Waals surface area contributed by atoms with E-state index < -0.39 is 0 Å². The first-order chi connectivity index (χ1) is 7.79. The largest absolute Gasteiger partial charge is 0.330 e. The van der Waals surface area contributed by atoms with Crippen LogP contribution >= 0.6 is 11.3 Å². The molecule has 0 bridgehead atoms. The Morgan fingerprint density at radius 1 is 1.44 bits per heavy atom. The normalized spacial score (nSPS) is 12.6. The predicted octanol–water partition coefficient (Wildman–Crippen LogP) is 2.57. The van der Waals surface area contributed by atoms with Crippen LogP contribution in [0.25, 0.3) is 0 Å². The molecule has 2 nitrogen and oxygen atoms in total. The lowest BCUT2D eigenvalue weighted by Crippen LogP contribution is -2.15. The van der Waals surface area contributed by atoms with E-state index in [1.165, 1.54) is 6.07 Å². The smallest absolute Gasteiger partial charge is 0.123 e. The second-order valence-corrected chi connectivity index (χ2v) is 4.39. The summed E-state index contributed by atoms with van der Waals surface area (Å²) < 4.78 is 13.1. The van der Waals surface area contributed by atoms with Crippen molar-refractivity contribution < 1.29 is 4.39 Å². The van der Waals surface area contributed by atoms with Gasteiger partial charge in [0.25, 0.3) is 0 Å². The molecule has 1 unspecified atom stereocenters. The summed E-state index contributed by atoms with van der Waals surface area (Å²) in [4.78, 5) is 4.22. The third-order valence-corrected chi connectivity index (χ3v) is 3.18. The van der Waals surface area contributed by atoms with E-state index in [9.17, 15) is 4.39 Å². The van der Waals surface area contributed by atoms with Crippen LogP contribution < -0.4 is 5.73 Å². The van der Waals surface area contributed by atoms with Gasteiger partial charge in [-0.2, -0.15) is 0 Å². The molecule has 2 aromatic rings. The molecule has 0 saturated heterocycles. The first kappa shape index (κ1) is 11.2. The molecule has 4 heteroatoms. The summed E-state index contributed by atoms with van der Waals surface area (Å²) in [7, 11) is 0. The number of nitrogens with zero attached hydrogens (tertiary/aromatic N) is 1. The molecular weight excluding hydrogens is 223 g/mol. The maximum Gasteiger partial charge on any atom is 0.123 e. The number of halogens is 1. The summed E-state index contributed by atoms with van der Waals surface area (Å²) in [5.41, 5.74) is 9.48. The molecule has 2 rings (SSSR count). The Balaban J connectivity index is 2.16. The van der Waals surface area contributed by atoms with Crippen molar-refractivity contribution in [2.24, 2.45) is 5.73 Å². The Labute approximate surface area is 97.9 Å². The number of nitrogens with two attached hydrogens (primary N) is 1. The Hall–Kier alpha value is -1.26. The quantitative estimate of drug-likeness (QED) is 0.886. The molecule has 16 heavy (non-hydrogen) atoms. The molecule has 0 spiro atoms. The zero-order valence-corrected chi connectivity index (χ0v) is 9.58. The van der Waals surface area contributed by atoms with Crippen molar-refractivity contribution in [2.75, 3.05) is 6.54 Å². The van der Waals surface area contributed by atoms with Gasteiger partial charge < -0.3 is 5.73 Å². The summed E-state index contributed by atoms with van der Waals surface area (Å²) in [5.74, 6) is -0.0768. The van der Waals surface area contributed by atoms with Crippen LogP contribution in [-0.4, -0.2) is 11.5 Å². The lowest BCUT2D eigenvalue weighted by atomic mass is 9.94. The number of thiazole rings is 1. The molecule has 2 N–H and O–H groups in total. The summed E-state index contributed by atoms with van der Waals surface area (Å²) in [5, 5.41) is 2.00. The Kier molecular flexibility index (Phi) is 3.64. The molecule has 1 atom stereocenters. The lowest BCUT2D eigenvalue weighted by Gasteiger charge is -2.13. The second kappa shape index (κ2) is 5.18. The van der Waals surface area contributed by atoms with Crippen molar-refractivity contribution in [2.45, 2.75) is 12.3 Å². The molecule has 84 valence electrons. The second-order valence-electron chi connectivity index (χ2n) is 3.67. The topological polar surface area (TPSA) is 38.9 Å². The van der Waals surface area contributed by atoms with Gasteiger partial charge in [-0.25, -0.2) is 9.37 Å². The Morgan fingerprint density at radius 2 is 2.31 bits per heavy atom. The first-order valence-electron chi connectivity index (χ1n) is 5.12. The minimum absolute atomic E-state index is 0.137. The molecule has 0 saturated carbocycles. The maximum absolute atomic E-state index is 13.1. The number of hydrogen-bond donors (Lipinski definition) is 1. The van der Waals surface area contributed by atoms with Crippen molar-refractivity contribution in [1.29, 1.82) is 0 Å². The van der Waals surface area contributed by atoms with Crippen molar-refractivity contribution in [3.8, 4) is 0 Å². The van der Waals surface area contributed by atoms with Crippen LogP contribution in [0.3, 0.4) is 0 Å². The number of rotatable bonds is 4. The molecule has 0 amide bonds. The first-order valence-corrected chi connectivity index (χ1v) is 6.06. The maximum atomic E-state index is 13.1. The number of benzene rings is 1. The molecule has 0 aliphatic rings. The van der Waals surface area contributed by atoms with Crippen molar-refractivity contribution in [3.05, 3.63) is 52.2 Å². The van der Waals surface area contributed by atoms with E-state index in [4.69, 9.17) is 5.73 Å². The minimum Gasteiger partial charge on any atom is -0.330 e. The van der Waals surface area contributed by atoms with Gasteiger partial charge in [-0.05, 0) is 30.7 Å². The fourth-order valence-corrected chi connectivity index (χ4v) is 2.26. The molecule has 1 aromatic heterocycles. The van der Waals surface area contributed by atoms with Crippen LogP contribution in [-0.2, 0) is 6.42 Å². The van der Waals surface area contributed by atoms with Gasteiger partial charge >= 0.3 is 0 Å². The van der Waals surface area contributed by atoms with Gasteiger partial charge in [-0.15, -0.1) is 11.3 Å². The van der Waals surface area contributed by atoms with Crippen molar-refractivity contribution >= 4 is 11.3 Å². The third-order valence-electron chi connectivity index (χ3n) is 2.54. The average Bonchev–Trinajstić information content (AvgIpc) is 2.78. The van der Waals surface area contributed by atoms with Crippen LogP contribution in [0, 0.1) is 5.82 Å². The van der Waals surface area contributed by atoms with Gasteiger partial charge in [0.2, 0.25) is 0 Å². The standard InChI is InChI=1S/C12H13FN2S/c13-11-3-1-2-9(4-11)10(6-14)5-12-7-16-8-15-12/h1-4,7-8,10H,5-6,14H2. The van der Waals surface area contributed by atoms with E-state index in [0.29, 0.717) is 6.54 Å². The molecule has 1 heterocycles. The average molecular weight is 236 g/mol. The van der Waals surface area contributed by atoms with E-state index in [2.05, 4.69) is 4.98 Å². The van der Waals surface area contributed by atoms with E-state index >= 15 is 0 Å². The zero-order chi connectivity index (χ0) is 11.4. The fraction of sp³-hybridized carbons (Fsp3) is 0.250. The van der Waals surface area contributed by atoms with Crippen LogP contribution in [0.15, 0.2) is 35.2 Å². The number of hydrogen-bond acceptors (Lipinski definition) is 3. The van der Waals surface area contributed by atoms with Gasteiger partial charge in [0, 0.05) is 11.3 Å². The van der Waals surface area contributed by atoms with Crippen molar-refractivity contribution in [3.63, 3.8) is 0 Å². The van der Waals surface area contributed by atoms with Crippen LogP contribution in [0.1, 0.15) is 17.2 Å².